The van der Waals surface area contributed by atoms with Crippen LogP contribution in [0.2, 0.25) is 0 Å². The van der Waals surface area contributed by atoms with E-state index < -0.39 is 0 Å². The van der Waals surface area contributed by atoms with Gasteiger partial charge in [-0.3, -0.25) is 0 Å². The second-order valence-electron chi connectivity index (χ2n) is 9.91. The monoisotopic (exact) mass is 423 g/mol. The molecule has 0 aliphatic rings. The van der Waals surface area contributed by atoms with Crippen LogP contribution in [0.1, 0.15) is 168 Å². The Morgan fingerprint density at radius 2 is 0.533 bits per heavy atom. The zero-order chi connectivity index (χ0) is 22.0. The summed E-state index contributed by atoms with van der Waals surface area (Å²) in [6, 6.07) is 0. The van der Waals surface area contributed by atoms with E-state index in [-0.39, 0.29) is 0 Å². The van der Waals surface area contributed by atoms with Gasteiger partial charge in [0, 0.05) is 0 Å². The number of unbranched alkanes of at least 4 members (excludes halogenated alkanes) is 20. The van der Waals surface area contributed by atoms with Gasteiger partial charge in [-0.25, -0.2) is 0 Å². The molecule has 1 nitrogen and oxygen atoms in total. The van der Waals surface area contributed by atoms with Crippen LogP contribution in [0.5, 0.6) is 0 Å². The van der Waals surface area contributed by atoms with Crippen molar-refractivity contribution in [1.29, 1.82) is 0 Å². The molecule has 182 valence electrons. The summed E-state index contributed by atoms with van der Waals surface area (Å²) in [5.74, 6) is 0. The largest absolute Gasteiger partial charge is 0.303 e. The average Bonchev–Trinajstić information content (AvgIpc) is 2.75. The van der Waals surface area contributed by atoms with Crippen LogP contribution >= 0.6 is 0 Å². The lowest BCUT2D eigenvalue weighted by Gasteiger charge is -2.21. The molecule has 0 fully saturated rings. The molecular weight excluding hydrogens is 362 g/mol. The van der Waals surface area contributed by atoms with Gasteiger partial charge in [0.15, 0.2) is 0 Å². The molecule has 0 N–H and O–H groups in total. The Hall–Kier alpha value is -0.0400. The third-order valence-corrected chi connectivity index (χ3v) is 6.70. The van der Waals surface area contributed by atoms with Crippen molar-refractivity contribution in [2.45, 2.75) is 168 Å². The van der Waals surface area contributed by atoms with E-state index in [4.69, 9.17) is 0 Å². The van der Waals surface area contributed by atoms with Crippen molar-refractivity contribution in [2.24, 2.45) is 0 Å². The van der Waals surface area contributed by atoms with Gasteiger partial charge in [0.1, 0.15) is 0 Å². The highest BCUT2D eigenvalue weighted by atomic mass is 15.1. The molecule has 0 radical (unpaired) electrons. The standard InChI is InChI=1S/C29H61N/c1-4-7-9-11-13-15-17-19-21-23-25-28-30(27-6-3)29-26-24-22-20-18-16-14-12-10-8-5-2/h4-29H2,1-3H3. The molecule has 0 aromatic carbocycles. The third kappa shape index (κ3) is 24.2. The Morgan fingerprint density at radius 1 is 0.267 bits per heavy atom. The van der Waals surface area contributed by atoms with Crippen molar-refractivity contribution in [1.82, 2.24) is 4.90 Å². The van der Waals surface area contributed by atoms with E-state index in [0.717, 1.165) is 0 Å². The first-order chi connectivity index (χ1) is 14.8. The van der Waals surface area contributed by atoms with E-state index in [9.17, 15) is 0 Å². The second kappa shape index (κ2) is 27.0. The van der Waals surface area contributed by atoms with Crippen molar-refractivity contribution in [2.75, 3.05) is 19.6 Å². The molecule has 1 heteroatoms. The highest BCUT2D eigenvalue weighted by Crippen LogP contribution is 2.13. The molecule has 0 spiro atoms. The molecule has 0 saturated carbocycles. The fourth-order valence-corrected chi connectivity index (χ4v) is 4.65. The Morgan fingerprint density at radius 3 is 0.800 bits per heavy atom. The van der Waals surface area contributed by atoms with Crippen molar-refractivity contribution >= 4 is 0 Å². The quantitative estimate of drug-likeness (QED) is 0.125. The SMILES string of the molecule is CCCCCCCCCCCCCN(CCC)CCCCCCCCCCCCC. The molecule has 0 bridgehead atoms. The third-order valence-electron chi connectivity index (χ3n) is 6.70. The Labute approximate surface area is 193 Å². The molecule has 0 atom stereocenters. The van der Waals surface area contributed by atoms with Gasteiger partial charge in [0.25, 0.3) is 0 Å². The Bertz CT molecular complexity index is 262. The highest BCUT2D eigenvalue weighted by molar-refractivity contribution is 4.59. The van der Waals surface area contributed by atoms with Gasteiger partial charge in [-0.15, -0.1) is 0 Å². The summed E-state index contributed by atoms with van der Waals surface area (Å²) >= 11 is 0. The van der Waals surface area contributed by atoms with Crippen molar-refractivity contribution < 1.29 is 0 Å². The van der Waals surface area contributed by atoms with Gasteiger partial charge in [-0.05, 0) is 38.9 Å². The number of rotatable bonds is 26. The van der Waals surface area contributed by atoms with Crippen LogP contribution in [-0.4, -0.2) is 24.5 Å². The van der Waals surface area contributed by atoms with Gasteiger partial charge >= 0.3 is 0 Å². The van der Waals surface area contributed by atoms with Crippen LogP contribution in [0.15, 0.2) is 0 Å². The lowest BCUT2D eigenvalue weighted by Crippen LogP contribution is -2.27. The normalized spacial score (nSPS) is 11.6. The summed E-state index contributed by atoms with van der Waals surface area (Å²) < 4.78 is 0. The van der Waals surface area contributed by atoms with Crippen molar-refractivity contribution in [3.05, 3.63) is 0 Å². The highest BCUT2D eigenvalue weighted by Gasteiger charge is 2.03. The van der Waals surface area contributed by atoms with Gasteiger partial charge < -0.3 is 4.90 Å². The summed E-state index contributed by atoms with van der Waals surface area (Å²) in [5, 5.41) is 0. The van der Waals surface area contributed by atoms with Gasteiger partial charge in [-0.1, -0.05) is 149 Å². The van der Waals surface area contributed by atoms with Crippen molar-refractivity contribution in [3.63, 3.8) is 0 Å². The summed E-state index contributed by atoms with van der Waals surface area (Å²) in [4.78, 5) is 2.75. The molecule has 0 aromatic rings. The van der Waals surface area contributed by atoms with Crippen LogP contribution in [0.4, 0.5) is 0 Å². The molecule has 0 rings (SSSR count). The first-order valence-electron chi connectivity index (χ1n) is 14.6. The maximum atomic E-state index is 2.75. The smallest absolute Gasteiger partial charge is 0.00187 e. The molecule has 0 unspecified atom stereocenters. The minimum Gasteiger partial charge on any atom is -0.303 e. The van der Waals surface area contributed by atoms with Crippen LogP contribution < -0.4 is 0 Å². The molecule has 0 aliphatic carbocycles. The fourth-order valence-electron chi connectivity index (χ4n) is 4.65. The predicted molar refractivity (Wildman–Crippen MR) is 140 cm³/mol. The van der Waals surface area contributed by atoms with Crippen LogP contribution in [-0.2, 0) is 0 Å². The van der Waals surface area contributed by atoms with Gasteiger partial charge in [-0.2, -0.15) is 0 Å². The van der Waals surface area contributed by atoms with Crippen LogP contribution in [0.3, 0.4) is 0 Å². The van der Waals surface area contributed by atoms with E-state index >= 15 is 0 Å². The predicted octanol–water partition coefficient (Wildman–Crippen LogP) is 10.3. The maximum absolute atomic E-state index is 2.75. The minimum atomic E-state index is 1.32. The average molecular weight is 424 g/mol. The summed E-state index contributed by atoms with van der Waals surface area (Å²) in [5.41, 5.74) is 0. The van der Waals surface area contributed by atoms with Gasteiger partial charge in [0.05, 0.1) is 0 Å². The van der Waals surface area contributed by atoms with Crippen molar-refractivity contribution in [3.8, 4) is 0 Å². The van der Waals surface area contributed by atoms with E-state index in [1.807, 2.05) is 0 Å². The molecule has 0 aliphatic heterocycles. The number of hydrogen-bond donors (Lipinski definition) is 0. The lowest BCUT2D eigenvalue weighted by molar-refractivity contribution is 0.260. The Balaban J connectivity index is 3.40. The fraction of sp³-hybridized carbons (Fsp3) is 1.00. The van der Waals surface area contributed by atoms with E-state index in [2.05, 4.69) is 25.7 Å². The van der Waals surface area contributed by atoms with E-state index in [1.54, 1.807) is 0 Å². The summed E-state index contributed by atoms with van der Waals surface area (Å²) in [6.07, 6.45) is 33.3. The first-order valence-corrected chi connectivity index (χ1v) is 14.6. The zero-order valence-corrected chi connectivity index (χ0v) is 21.8. The van der Waals surface area contributed by atoms with Crippen LogP contribution in [0.25, 0.3) is 0 Å². The van der Waals surface area contributed by atoms with E-state index in [1.165, 1.54) is 167 Å². The molecule has 0 aromatic heterocycles. The summed E-state index contributed by atoms with van der Waals surface area (Å²) in [6.45, 7) is 11.0. The number of hydrogen-bond acceptors (Lipinski definition) is 1. The van der Waals surface area contributed by atoms with Crippen LogP contribution in [0, 0.1) is 0 Å². The summed E-state index contributed by atoms with van der Waals surface area (Å²) in [7, 11) is 0. The van der Waals surface area contributed by atoms with Gasteiger partial charge in [0.2, 0.25) is 0 Å². The minimum absolute atomic E-state index is 1.32. The second-order valence-corrected chi connectivity index (χ2v) is 9.91. The molecular formula is C29H61N. The lowest BCUT2D eigenvalue weighted by atomic mass is 10.1. The zero-order valence-electron chi connectivity index (χ0n) is 21.8. The first kappa shape index (κ1) is 30.0. The topological polar surface area (TPSA) is 3.24 Å². The Kier molecular flexibility index (Phi) is 27.0. The molecule has 0 amide bonds. The van der Waals surface area contributed by atoms with E-state index in [0.29, 0.717) is 0 Å². The molecule has 0 saturated heterocycles. The number of nitrogens with zero attached hydrogens (tertiary/aromatic N) is 1. The maximum Gasteiger partial charge on any atom is -0.00187 e. The molecule has 0 heterocycles. The molecule has 30 heavy (non-hydrogen) atoms.